The van der Waals surface area contributed by atoms with E-state index in [9.17, 15) is 28.1 Å². The normalized spacial score (nSPS) is 11.0. The van der Waals surface area contributed by atoms with Gasteiger partial charge in [-0.25, -0.2) is 0 Å². The molecule has 0 bridgehead atoms. The van der Waals surface area contributed by atoms with Gasteiger partial charge in [-0.3, -0.25) is 14.9 Å². The van der Waals surface area contributed by atoms with Crippen LogP contribution in [0.25, 0.3) is 0 Å². The number of nitrogens with one attached hydrogen (secondary N) is 2. The van der Waals surface area contributed by atoms with E-state index in [4.69, 9.17) is 4.74 Å². The Bertz CT molecular complexity index is 840. The van der Waals surface area contributed by atoms with Gasteiger partial charge in [0.15, 0.2) is 0 Å². The first-order chi connectivity index (χ1) is 12.7. The third-order valence-corrected chi connectivity index (χ3v) is 3.42. The summed E-state index contributed by atoms with van der Waals surface area (Å²) in [6.45, 7) is 1.79. The lowest BCUT2D eigenvalue weighted by atomic mass is 10.1. The molecule has 0 saturated heterocycles. The van der Waals surface area contributed by atoms with Crippen molar-refractivity contribution in [2.45, 2.75) is 13.1 Å². The number of nitrogens with zero attached hydrogens (tertiary/aromatic N) is 1. The molecule has 27 heavy (non-hydrogen) atoms. The molecule has 0 aliphatic carbocycles. The van der Waals surface area contributed by atoms with Crippen LogP contribution in [0, 0.1) is 10.1 Å². The van der Waals surface area contributed by atoms with Gasteiger partial charge in [0, 0.05) is 6.07 Å². The fourth-order valence-electron chi connectivity index (χ4n) is 2.23. The molecule has 0 unspecified atom stereocenters. The Morgan fingerprint density at radius 1 is 1.19 bits per heavy atom. The number of rotatable bonds is 7. The summed E-state index contributed by atoms with van der Waals surface area (Å²) in [4.78, 5) is 22.2. The fraction of sp³-hybridized carbons (Fsp3) is 0.235. The van der Waals surface area contributed by atoms with E-state index in [0.717, 1.165) is 6.07 Å². The molecule has 2 aromatic carbocycles. The van der Waals surface area contributed by atoms with E-state index >= 15 is 0 Å². The van der Waals surface area contributed by atoms with Gasteiger partial charge in [-0.05, 0) is 31.2 Å². The second-order valence-electron chi connectivity index (χ2n) is 5.32. The predicted octanol–water partition coefficient (Wildman–Crippen LogP) is 4.06. The van der Waals surface area contributed by atoms with Gasteiger partial charge in [-0.2, -0.15) is 13.2 Å². The summed E-state index contributed by atoms with van der Waals surface area (Å²) < 4.78 is 43.5. The lowest BCUT2D eigenvalue weighted by Crippen LogP contribution is -2.22. The van der Waals surface area contributed by atoms with Crippen molar-refractivity contribution in [3.63, 3.8) is 0 Å². The Morgan fingerprint density at radius 2 is 1.89 bits per heavy atom. The van der Waals surface area contributed by atoms with Crippen molar-refractivity contribution in [2.75, 3.05) is 23.8 Å². The van der Waals surface area contributed by atoms with Gasteiger partial charge in [0.05, 0.1) is 29.3 Å². The molecule has 2 aromatic rings. The van der Waals surface area contributed by atoms with Crippen molar-refractivity contribution in [3.05, 3.63) is 58.1 Å². The van der Waals surface area contributed by atoms with E-state index in [0.29, 0.717) is 30.2 Å². The zero-order valence-corrected chi connectivity index (χ0v) is 14.2. The van der Waals surface area contributed by atoms with Gasteiger partial charge in [0.1, 0.15) is 11.4 Å². The summed E-state index contributed by atoms with van der Waals surface area (Å²) in [7, 11) is 0. The Kier molecular flexibility index (Phi) is 6.22. The van der Waals surface area contributed by atoms with Crippen LogP contribution in [0.4, 0.5) is 30.2 Å². The number of nitro groups is 1. The Hall–Kier alpha value is -3.30. The number of alkyl halides is 3. The highest BCUT2D eigenvalue weighted by Gasteiger charge is 2.33. The van der Waals surface area contributed by atoms with Crippen molar-refractivity contribution in [1.82, 2.24) is 0 Å². The second-order valence-corrected chi connectivity index (χ2v) is 5.32. The molecule has 0 radical (unpaired) electrons. The fourth-order valence-corrected chi connectivity index (χ4v) is 2.23. The number of nitro benzene ring substituents is 1. The van der Waals surface area contributed by atoms with Crippen molar-refractivity contribution in [2.24, 2.45) is 0 Å². The molecule has 0 aromatic heterocycles. The highest BCUT2D eigenvalue weighted by molar-refractivity contribution is 5.95. The van der Waals surface area contributed by atoms with E-state index < -0.39 is 28.3 Å². The van der Waals surface area contributed by atoms with E-state index in [2.05, 4.69) is 10.6 Å². The number of ether oxygens (including phenoxy) is 1. The van der Waals surface area contributed by atoms with E-state index in [-0.39, 0.29) is 12.2 Å². The summed E-state index contributed by atoms with van der Waals surface area (Å²) >= 11 is 0. The van der Waals surface area contributed by atoms with E-state index in [1.807, 2.05) is 0 Å². The highest BCUT2D eigenvalue weighted by atomic mass is 19.4. The van der Waals surface area contributed by atoms with E-state index in [1.54, 1.807) is 31.2 Å². The zero-order chi connectivity index (χ0) is 20.0. The number of halogens is 3. The lowest BCUT2D eigenvalue weighted by molar-refractivity contribution is -0.384. The van der Waals surface area contributed by atoms with Gasteiger partial charge in [0.2, 0.25) is 5.91 Å². The minimum absolute atomic E-state index is 0.193. The van der Waals surface area contributed by atoms with Crippen LogP contribution in [0.2, 0.25) is 0 Å². The largest absolute Gasteiger partial charge is 0.492 e. The maximum Gasteiger partial charge on any atom is 0.416 e. The molecular formula is C17H16F3N3O4. The Labute approximate surface area is 152 Å². The average molecular weight is 383 g/mol. The molecule has 2 rings (SSSR count). The van der Waals surface area contributed by atoms with Crippen molar-refractivity contribution < 1.29 is 27.6 Å². The van der Waals surface area contributed by atoms with Gasteiger partial charge < -0.3 is 15.4 Å². The minimum Gasteiger partial charge on any atom is -0.492 e. The first-order valence-electron chi connectivity index (χ1n) is 7.83. The molecule has 0 atom stereocenters. The molecular weight excluding hydrogens is 367 g/mol. The van der Waals surface area contributed by atoms with Crippen LogP contribution in [0.5, 0.6) is 5.75 Å². The number of hydrogen-bond acceptors (Lipinski definition) is 5. The van der Waals surface area contributed by atoms with Crippen LogP contribution in [0.1, 0.15) is 12.5 Å². The van der Waals surface area contributed by atoms with Crippen molar-refractivity contribution in [1.29, 1.82) is 0 Å². The molecule has 10 heteroatoms. The molecule has 0 aliphatic rings. The van der Waals surface area contributed by atoms with Crippen LogP contribution in [0.15, 0.2) is 42.5 Å². The summed E-state index contributed by atoms with van der Waals surface area (Å²) in [5, 5.41) is 16.1. The molecule has 0 saturated carbocycles. The lowest BCUT2D eigenvalue weighted by Gasteiger charge is -2.13. The number of carbonyl (C=O) groups excluding carboxylic acids is 1. The summed E-state index contributed by atoms with van der Waals surface area (Å²) in [6.07, 6.45) is -4.70. The van der Waals surface area contributed by atoms with Gasteiger partial charge >= 0.3 is 6.18 Å². The van der Waals surface area contributed by atoms with Crippen LogP contribution in [-0.4, -0.2) is 24.0 Å². The smallest absolute Gasteiger partial charge is 0.416 e. The third-order valence-electron chi connectivity index (χ3n) is 3.42. The number of para-hydroxylation sites is 2. The number of amides is 1. The molecule has 0 spiro atoms. The Morgan fingerprint density at radius 3 is 2.52 bits per heavy atom. The molecule has 1 amide bonds. The topological polar surface area (TPSA) is 93.5 Å². The summed E-state index contributed by atoms with van der Waals surface area (Å²) in [5.74, 6) is -0.0924. The molecule has 7 nitrogen and oxygen atoms in total. The van der Waals surface area contributed by atoms with Crippen LogP contribution >= 0.6 is 0 Å². The number of hydrogen-bond donors (Lipinski definition) is 2. The molecule has 2 N–H and O–H groups in total. The molecule has 144 valence electrons. The summed E-state index contributed by atoms with van der Waals surface area (Å²) in [6, 6.07) is 8.73. The Balaban J connectivity index is 2.10. The van der Waals surface area contributed by atoms with Crippen molar-refractivity contribution in [3.8, 4) is 5.75 Å². The van der Waals surface area contributed by atoms with Crippen LogP contribution in [0.3, 0.4) is 0 Å². The highest BCUT2D eigenvalue weighted by Crippen LogP contribution is 2.34. The monoisotopic (exact) mass is 383 g/mol. The second kappa shape index (κ2) is 8.39. The first kappa shape index (κ1) is 20.0. The number of anilines is 2. The van der Waals surface area contributed by atoms with Gasteiger partial charge in [0.25, 0.3) is 5.69 Å². The quantitative estimate of drug-likeness (QED) is 0.555. The SMILES string of the molecule is CCOc1ccccc1NC(=O)CNc1ccc(C(F)(F)F)cc1[N+](=O)[O-]. The van der Waals surface area contributed by atoms with E-state index in [1.165, 1.54) is 0 Å². The van der Waals surface area contributed by atoms with Crippen molar-refractivity contribution >= 4 is 23.0 Å². The predicted molar refractivity (Wildman–Crippen MR) is 92.8 cm³/mol. The van der Waals surface area contributed by atoms with Crippen LogP contribution < -0.4 is 15.4 Å². The first-order valence-corrected chi connectivity index (χ1v) is 7.83. The standard InChI is InChI=1S/C17H16F3N3O4/c1-2-27-15-6-4-3-5-13(15)22-16(24)10-21-12-8-7-11(17(18,19)20)9-14(12)23(25)26/h3-9,21H,2,10H2,1H3,(H,22,24). The number of carbonyl (C=O) groups is 1. The maximum absolute atomic E-state index is 12.7. The van der Waals surface area contributed by atoms with Crippen LogP contribution in [-0.2, 0) is 11.0 Å². The molecule has 0 fully saturated rings. The third kappa shape index (κ3) is 5.33. The van der Waals surface area contributed by atoms with Gasteiger partial charge in [-0.15, -0.1) is 0 Å². The zero-order valence-electron chi connectivity index (χ0n) is 14.2. The minimum atomic E-state index is -4.70. The molecule has 0 aliphatic heterocycles. The average Bonchev–Trinajstić information content (AvgIpc) is 2.61. The number of benzene rings is 2. The molecule has 0 heterocycles. The maximum atomic E-state index is 12.7. The van der Waals surface area contributed by atoms with Gasteiger partial charge in [-0.1, -0.05) is 12.1 Å². The summed E-state index contributed by atoms with van der Waals surface area (Å²) in [5.41, 5.74) is -1.70.